The van der Waals surface area contributed by atoms with Crippen LogP contribution in [-0.4, -0.2) is 6.29 Å². The van der Waals surface area contributed by atoms with Gasteiger partial charge in [0.2, 0.25) is 0 Å². The third-order valence-corrected chi connectivity index (χ3v) is 1.38. The van der Waals surface area contributed by atoms with Crippen molar-refractivity contribution in [1.82, 2.24) is 0 Å². The van der Waals surface area contributed by atoms with Gasteiger partial charge in [0, 0.05) is 0 Å². The molecule has 1 aromatic rings. The number of aldehydes is 1. The van der Waals surface area contributed by atoms with Crippen LogP contribution in [-0.2, 0) is 0 Å². The van der Waals surface area contributed by atoms with E-state index in [-0.39, 0.29) is 5.56 Å². The van der Waals surface area contributed by atoms with Crippen molar-refractivity contribution in [2.24, 2.45) is 0 Å². The zero-order chi connectivity index (χ0) is 8.27. The minimum absolute atomic E-state index is 0.0717. The number of carbonyl (C=O) groups excluding carboxylic acids is 1. The summed E-state index contributed by atoms with van der Waals surface area (Å²) in [5, 5.41) is 0. The monoisotopic (exact) mass is 150 g/mol. The fourth-order valence-electron chi connectivity index (χ4n) is 0.780. The summed E-state index contributed by atoms with van der Waals surface area (Å²) < 4.78 is 12.6. The van der Waals surface area contributed by atoms with Crippen LogP contribution in [0.5, 0.6) is 0 Å². The quantitative estimate of drug-likeness (QED) is 0.591. The Morgan fingerprint density at radius 3 is 2.73 bits per heavy atom. The third-order valence-electron chi connectivity index (χ3n) is 1.38. The summed E-state index contributed by atoms with van der Waals surface area (Å²) in [6, 6.07) is 4.27. The predicted molar refractivity (Wildman–Crippen MR) is 41.9 cm³/mol. The number of benzene rings is 1. The molecule has 56 valence electrons. The highest BCUT2D eigenvalue weighted by molar-refractivity contribution is 5.76. The van der Waals surface area contributed by atoms with E-state index in [2.05, 4.69) is 6.58 Å². The summed E-state index contributed by atoms with van der Waals surface area (Å²) in [6.07, 6.45) is 2.05. The number of halogens is 1. The molecule has 0 spiro atoms. The Bertz CT molecular complexity index is 292. The number of rotatable bonds is 2. The topological polar surface area (TPSA) is 17.1 Å². The first-order valence-corrected chi connectivity index (χ1v) is 3.15. The van der Waals surface area contributed by atoms with E-state index >= 15 is 0 Å². The molecule has 1 rings (SSSR count). The summed E-state index contributed by atoms with van der Waals surface area (Å²) >= 11 is 0. The molecule has 1 nitrogen and oxygen atoms in total. The van der Waals surface area contributed by atoms with E-state index in [1.54, 1.807) is 12.1 Å². The summed E-state index contributed by atoms with van der Waals surface area (Å²) in [4.78, 5) is 10.2. The van der Waals surface area contributed by atoms with Gasteiger partial charge < -0.3 is 0 Å². The Hall–Kier alpha value is -1.44. The molecule has 0 aliphatic carbocycles. The van der Waals surface area contributed by atoms with Crippen LogP contribution in [0.15, 0.2) is 24.8 Å². The molecule has 0 fully saturated rings. The van der Waals surface area contributed by atoms with Gasteiger partial charge in [0.1, 0.15) is 5.82 Å². The molecule has 0 N–H and O–H groups in total. The van der Waals surface area contributed by atoms with Crippen molar-refractivity contribution in [1.29, 1.82) is 0 Å². The van der Waals surface area contributed by atoms with Gasteiger partial charge in [-0.15, -0.1) is 0 Å². The van der Waals surface area contributed by atoms with Gasteiger partial charge in [-0.3, -0.25) is 4.79 Å². The first kappa shape index (κ1) is 7.66. The van der Waals surface area contributed by atoms with Gasteiger partial charge in [0.05, 0.1) is 5.56 Å². The molecule has 0 aromatic heterocycles. The lowest BCUT2D eigenvalue weighted by Gasteiger charge is -1.95. The van der Waals surface area contributed by atoms with Crippen LogP contribution in [0.1, 0.15) is 15.9 Å². The Morgan fingerprint density at radius 1 is 1.45 bits per heavy atom. The molecule has 0 atom stereocenters. The average molecular weight is 150 g/mol. The van der Waals surface area contributed by atoms with Gasteiger partial charge in [-0.25, -0.2) is 4.39 Å². The Balaban J connectivity index is 3.22. The lowest BCUT2D eigenvalue weighted by molar-refractivity contribution is 0.112. The summed E-state index contributed by atoms with van der Waals surface area (Å²) in [7, 11) is 0. The molecule has 0 unspecified atom stereocenters. The molecule has 0 radical (unpaired) electrons. The van der Waals surface area contributed by atoms with Crippen molar-refractivity contribution in [2.45, 2.75) is 0 Å². The van der Waals surface area contributed by atoms with Crippen LogP contribution in [0.3, 0.4) is 0 Å². The molecule has 11 heavy (non-hydrogen) atoms. The van der Waals surface area contributed by atoms with Crippen molar-refractivity contribution in [3.8, 4) is 0 Å². The Kier molecular flexibility index (Phi) is 2.16. The molecule has 0 heterocycles. The fourth-order valence-corrected chi connectivity index (χ4v) is 0.780. The molecular formula is C9H7FO. The van der Waals surface area contributed by atoms with E-state index in [9.17, 15) is 9.18 Å². The van der Waals surface area contributed by atoms with Crippen LogP contribution in [0.2, 0.25) is 0 Å². The molecule has 0 saturated heterocycles. The van der Waals surface area contributed by atoms with E-state index in [0.717, 1.165) is 5.56 Å². The van der Waals surface area contributed by atoms with Crippen LogP contribution < -0.4 is 0 Å². The van der Waals surface area contributed by atoms with Gasteiger partial charge in [-0.2, -0.15) is 0 Å². The minimum Gasteiger partial charge on any atom is -0.298 e. The Labute approximate surface area is 64.2 Å². The summed E-state index contributed by atoms with van der Waals surface area (Å²) in [6.45, 7) is 3.50. The van der Waals surface area contributed by atoms with Gasteiger partial charge in [-0.1, -0.05) is 18.7 Å². The molecule has 1 aromatic carbocycles. The van der Waals surface area contributed by atoms with Crippen molar-refractivity contribution in [2.75, 3.05) is 0 Å². The van der Waals surface area contributed by atoms with Gasteiger partial charge in [0.25, 0.3) is 0 Å². The first-order valence-electron chi connectivity index (χ1n) is 3.15. The zero-order valence-corrected chi connectivity index (χ0v) is 5.88. The summed E-state index contributed by atoms with van der Waals surface area (Å²) in [5.74, 6) is -0.495. The van der Waals surface area contributed by atoms with E-state index in [1.807, 2.05) is 0 Å². The first-order chi connectivity index (χ1) is 5.27. The van der Waals surface area contributed by atoms with Gasteiger partial charge in [0.15, 0.2) is 6.29 Å². The van der Waals surface area contributed by atoms with Crippen molar-refractivity contribution in [3.63, 3.8) is 0 Å². The van der Waals surface area contributed by atoms with Crippen LogP contribution in [0.4, 0.5) is 4.39 Å². The van der Waals surface area contributed by atoms with E-state index in [1.165, 1.54) is 12.1 Å². The lowest BCUT2D eigenvalue weighted by Crippen LogP contribution is -1.87. The second kappa shape index (κ2) is 3.10. The molecule has 0 saturated carbocycles. The fraction of sp³-hybridized carbons (Fsp3) is 0. The van der Waals surface area contributed by atoms with E-state index in [0.29, 0.717) is 6.29 Å². The third kappa shape index (κ3) is 1.52. The van der Waals surface area contributed by atoms with Crippen molar-refractivity contribution < 1.29 is 9.18 Å². The number of carbonyl (C=O) groups is 1. The predicted octanol–water partition coefficient (Wildman–Crippen LogP) is 2.28. The average Bonchev–Trinajstić information content (AvgIpc) is 2.05. The molecule has 0 bridgehead atoms. The van der Waals surface area contributed by atoms with Crippen LogP contribution in [0, 0.1) is 5.82 Å². The maximum absolute atomic E-state index is 12.6. The van der Waals surface area contributed by atoms with E-state index < -0.39 is 5.82 Å². The maximum Gasteiger partial charge on any atom is 0.153 e. The zero-order valence-electron chi connectivity index (χ0n) is 5.88. The molecule has 0 amide bonds. The Morgan fingerprint density at radius 2 is 2.18 bits per heavy atom. The van der Waals surface area contributed by atoms with Crippen molar-refractivity contribution in [3.05, 3.63) is 41.7 Å². The van der Waals surface area contributed by atoms with Crippen LogP contribution >= 0.6 is 0 Å². The highest BCUT2D eigenvalue weighted by atomic mass is 19.1. The van der Waals surface area contributed by atoms with Gasteiger partial charge >= 0.3 is 0 Å². The standard InChI is InChI=1S/C9H7FO/c1-2-7-3-4-9(10)8(5-7)6-11/h2-6H,1H2. The summed E-state index contributed by atoms with van der Waals surface area (Å²) in [5.41, 5.74) is 0.816. The number of hydrogen-bond acceptors (Lipinski definition) is 1. The van der Waals surface area contributed by atoms with E-state index in [4.69, 9.17) is 0 Å². The highest BCUT2D eigenvalue weighted by Crippen LogP contribution is 2.08. The largest absolute Gasteiger partial charge is 0.298 e. The molecule has 0 aliphatic heterocycles. The SMILES string of the molecule is C=Cc1ccc(F)c(C=O)c1. The number of hydrogen-bond donors (Lipinski definition) is 0. The second-order valence-corrected chi connectivity index (χ2v) is 2.10. The minimum atomic E-state index is -0.495. The second-order valence-electron chi connectivity index (χ2n) is 2.10. The molecule has 0 aliphatic rings. The van der Waals surface area contributed by atoms with Gasteiger partial charge in [-0.05, 0) is 17.7 Å². The maximum atomic E-state index is 12.6. The van der Waals surface area contributed by atoms with Crippen LogP contribution in [0.25, 0.3) is 6.08 Å². The smallest absolute Gasteiger partial charge is 0.153 e. The molecule has 2 heteroatoms. The molecular weight excluding hydrogens is 143 g/mol. The lowest BCUT2D eigenvalue weighted by atomic mass is 10.1. The normalized spacial score (nSPS) is 9.18. The van der Waals surface area contributed by atoms with Crippen molar-refractivity contribution >= 4 is 12.4 Å². The highest BCUT2D eigenvalue weighted by Gasteiger charge is 1.99.